The first-order valence-electron chi connectivity index (χ1n) is 13.9. The Morgan fingerprint density at radius 1 is 1.08 bits per heavy atom. The Bertz CT molecular complexity index is 1190. The maximum Gasteiger partial charge on any atom is 0.252 e. The predicted octanol–water partition coefficient (Wildman–Crippen LogP) is 5.70. The van der Waals surface area contributed by atoms with Crippen LogP contribution in [0.3, 0.4) is 0 Å². The Hall–Kier alpha value is -2.74. The molecular weight excluding hydrogens is 452 g/mol. The molecule has 8 nitrogen and oxygen atoms in total. The molecular formula is C28H40N6O2. The van der Waals surface area contributed by atoms with Crippen LogP contribution in [0.5, 0.6) is 5.75 Å². The van der Waals surface area contributed by atoms with Gasteiger partial charge in [0.15, 0.2) is 5.82 Å². The number of benzene rings is 1. The van der Waals surface area contributed by atoms with Crippen LogP contribution in [0.15, 0.2) is 29.1 Å². The lowest BCUT2D eigenvalue weighted by atomic mass is 9.91. The number of hydrogen-bond acceptors (Lipinski definition) is 6. The maximum atomic E-state index is 13.3. The van der Waals surface area contributed by atoms with Gasteiger partial charge in [-0.1, -0.05) is 51.9 Å². The second-order valence-electron chi connectivity index (χ2n) is 10.6. The highest BCUT2D eigenvalue weighted by Gasteiger charge is 2.34. The highest BCUT2D eigenvalue weighted by atomic mass is 16.5. The molecule has 5 rings (SSSR count). The molecule has 2 saturated carbocycles. The Balaban J connectivity index is 1.52. The van der Waals surface area contributed by atoms with E-state index in [4.69, 9.17) is 4.74 Å². The average molecular weight is 493 g/mol. The van der Waals surface area contributed by atoms with Crippen LogP contribution in [0.2, 0.25) is 0 Å². The molecule has 0 saturated heterocycles. The molecule has 194 valence electrons. The molecule has 36 heavy (non-hydrogen) atoms. The molecule has 1 unspecified atom stereocenters. The predicted molar refractivity (Wildman–Crippen MR) is 141 cm³/mol. The first-order chi connectivity index (χ1) is 17.7. The van der Waals surface area contributed by atoms with E-state index in [0.717, 1.165) is 66.6 Å². The Labute approximate surface area is 213 Å². The zero-order chi connectivity index (χ0) is 24.9. The summed E-state index contributed by atoms with van der Waals surface area (Å²) in [6.45, 7) is 2.83. The van der Waals surface area contributed by atoms with Gasteiger partial charge in [-0.15, -0.1) is 5.10 Å². The lowest BCUT2D eigenvalue weighted by Crippen LogP contribution is -2.41. The average Bonchev–Trinajstić information content (AvgIpc) is 3.41. The number of H-pyrrole nitrogens is 1. The molecule has 8 heteroatoms. The number of methoxy groups -OCH3 is 1. The van der Waals surface area contributed by atoms with Gasteiger partial charge >= 0.3 is 0 Å². The number of aromatic amines is 1. The highest BCUT2D eigenvalue weighted by Crippen LogP contribution is 2.36. The van der Waals surface area contributed by atoms with Gasteiger partial charge in [0.1, 0.15) is 5.75 Å². The van der Waals surface area contributed by atoms with E-state index >= 15 is 0 Å². The second kappa shape index (κ2) is 11.5. The summed E-state index contributed by atoms with van der Waals surface area (Å²) in [5, 5.41) is 14.3. The molecule has 0 radical (unpaired) electrons. The molecule has 0 bridgehead atoms. The zero-order valence-electron chi connectivity index (χ0n) is 21.8. The van der Waals surface area contributed by atoms with Crippen LogP contribution in [0.4, 0.5) is 0 Å². The summed E-state index contributed by atoms with van der Waals surface area (Å²) in [6, 6.07) is 8.82. The van der Waals surface area contributed by atoms with Crippen molar-refractivity contribution in [3.05, 3.63) is 46.0 Å². The zero-order valence-corrected chi connectivity index (χ0v) is 21.8. The van der Waals surface area contributed by atoms with Gasteiger partial charge in [-0.3, -0.25) is 9.69 Å². The highest BCUT2D eigenvalue weighted by molar-refractivity contribution is 5.80. The van der Waals surface area contributed by atoms with Gasteiger partial charge in [-0.05, 0) is 66.1 Å². The van der Waals surface area contributed by atoms with Crippen molar-refractivity contribution in [1.82, 2.24) is 30.1 Å². The van der Waals surface area contributed by atoms with Gasteiger partial charge in [0.2, 0.25) is 0 Å². The fourth-order valence-corrected chi connectivity index (χ4v) is 6.30. The van der Waals surface area contributed by atoms with E-state index in [9.17, 15) is 4.79 Å². The van der Waals surface area contributed by atoms with E-state index in [-0.39, 0.29) is 11.6 Å². The topological polar surface area (TPSA) is 88.9 Å². The van der Waals surface area contributed by atoms with Crippen LogP contribution in [0.25, 0.3) is 10.9 Å². The van der Waals surface area contributed by atoms with E-state index in [0.29, 0.717) is 18.6 Å². The number of tetrazole rings is 1. The van der Waals surface area contributed by atoms with E-state index in [1.807, 2.05) is 18.2 Å². The molecule has 1 N–H and O–H groups in total. The second-order valence-corrected chi connectivity index (χ2v) is 10.6. The summed E-state index contributed by atoms with van der Waals surface area (Å²) >= 11 is 0. The van der Waals surface area contributed by atoms with Crippen LogP contribution >= 0.6 is 0 Å². The maximum absolute atomic E-state index is 13.3. The number of fused-ring (bicyclic) bond motifs is 1. The van der Waals surface area contributed by atoms with Crippen LogP contribution in [-0.2, 0) is 6.54 Å². The molecule has 2 heterocycles. The number of ether oxygens (including phenoxy) is 1. The van der Waals surface area contributed by atoms with Gasteiger partial charge in [0.25, 0.3) is 5.56 Å². The van der Waals surface area contributed by atoms with Crippen molar-refractivity contribution < 1.29 is 4.74 Å². The first-order valence-corrected chi connectivity index (χ1v) is 13.9. The van der Waals surface area contributed by atoms with Crippen molar-refractivity contribution in [1.29, 1.82) is 0 Å². The lowest BCUT2D eigenvalue weighted by molar-refractivity contribution is 0.0789. The minimum absolute atomic E-state index is 0.0290. The summed E-state index contributed by atoms with van der Waals surface area (Å²) < 4.78 is 7.48. The largest absolute Gasteiger partial charge is 0.497 e. The smallest absolute Gasteiger partial charge is 0.252 e. The lowest BCUT2D eigenvalue weighted by Gasteiger charge is -2.40. The van der Waals surface area contributed by atoms with Crippen molar-refractivity contribution in [2.45, 2.75) is 109 Å². The van der Waals surface area contributed by atoms with E-state index in [1.165, 1.54) is 38.5 Å². The SMILES string of the molecule is CCCC(c1nnnn1C1CCCCC1)N(Cc1cc2ccc(OC)cc2[nH]c1=O)C1CCCCC1. The summed E-state index contributed by atoms with van der Waals surface area (Å²) in [5.74, 6) is 1.73. The summed E-state index contributed by atoms with van der Waals surface area (Å²) in [7, 11) is 1.64. The first kappa shape index (κ1) is 24.9. The minimum atomic E-state index is -0.0290. The number of pyridine rings is 1. The Morgan fingerprint density at radius 3 is 2.56 bits per heavy atom. The third kappa shape index (κ3) is 5.33. The van der Waals surface area contributed by atoms with Gasteiger partial charge in [0.05, 0.1) is 24.7 Å². The third-order valence-electron chi connectivity index (χ3n) is 8.23. The molecule has 0 spiro atoms. The van der Waals surface area contributed by atoms with Crippen molar-refractivity contribution in [2.24, 2.45) is 0 Å². The standard InChI is InChI=1S/C28H40N6O2/c1-3-10-26(27-30-31-32-34(27)23-13-8-5-9-14-23)33(22-11-6-4-7-12-22)19-21-17-20-15-16-24(36-2)18-25(20)29-28(21)35/h15-18,22-23,26H,3-14,19H2,1-2H3,(H,29,35). The molecule has 2 aromatic heterocycles. The van der Waals surface area contributed by atoms with Gasteiger partial charge in [-0.25, -0.2) is 4.68 Å². The number of nitrogens with one attached hydrogen (secondary N) is 1. The summed E-state index contributed by atoms with van der Waals surface area (Å²) in [5.41, 5.74) is 1.58. The van der Waals surface area contributed by atoms with Gasteiger partial charge in [0, 0.05) is 24.2 Å². The number of aromatic nitrogens is 5. The van der Waals surface area contributed by atoms with Crippen LogP contribution in [-0.4, -0.2) is 43.2 Å². The van der Waals surface area contributed by atoms with E-state index < -0.39 is 0 Å². The van der Waals surface area contributed by atoms with Crippen molar-refractivity contribution in [2.75, 3.05) is 7.11 Å². The summed E-state index contributed by atoms with van der Waals surface area (Å²) in [4.78, 5) is 18.9. The molecule has 3 aromatic rings. The van der Waals surface area contributed by atoms with Crippen LogP contribution in [0.1, 0.15) is 107 Å². The number of hydrogen-bond donors (Lipinski definition) is 1. The molecule has 1 aromatic carbocycles. The van der Waals surface area contributed by atoms with Gasteiger partial charge < -0.3 is 9.72 Å². The fraction of sp³-hybridized carbons (Fsp3) is 0.643. The quantitative estimate of drug-likeness (QED) is 0.412. The Kier molecular flexibility index (Phi) is 7.99. The molecule has 2 fully saturated rings. The minimum Gasteiger partial charge on any atom is -0.497 e. The molecule has 1 atom stereocenters. The van der Waals surface area contributed by atoms with E-state index in [2.05, 4.69) is 43.1 Å². The van der Waals surface area contributed by atoms with Gasteiger partial charge in [-0.2, -0.15) is 0 Å². The van der Waals surface area contributed by atoms with Crippen LogP contribution < -0.4 is 10.3 Å². The molecule has 2 aliphatic carbocycles. The Morgan fingerprint density at radius 2 is 1.83 bits per heavy atom. The normalized spacial score (nSPS) is 18.6. The van der Waals surface area contributed by atoms with Crippen molar-refractivity contribution in [3.8, 4) is 5.75 Å². The van der Waals surface area contributed by atoms with Crippen molar-refractivity contribution >= 4 is 10.9 Å². The number of rotatable bonds is 9. The summed E-state index contributed by atoms with van der Waals surface area (Å²) in [6.07, 6.45) is 14.2. The van der Waals surface area contributed by atoms with Crippen molar-refractivity contribution in [3.63, 3.8) is 0 Å². The number of nitrogens with zero attached hydrogens (tertiary/aromatic N) is 5. The van der Waals surface area contributed by atoms with Crippen LogP contribution in [0, 0.1) is 0 Å². The molecule has 2 aliphatic rings. The monoisotopic (exact) mass is 492 g/mol. The third-order valence-corrected chi connectivity index (χ3v) is 8.23. The van der Waals surface area contributed by atoms with E-state index in [1.54, 1.807) is 7.11 Å². The molecule has 0 amide bonds. The fourth-order valence-electron chi connectivity index (χ4n) is 6.30. The molecule has 0 aliphatic heterocycles.